The Morgan fingerprint density at radius 3 is 2.62 bits per heavy atom. The molecule has 0 radical (unpaired) electrons. The van der Waals surface area contributed by atoms with Gasteiger partial charge < -0.3 is 5.32 Å². The summed E-state index contributed by atoms with van der Waals surface area (Å²) in [5.41, 5.74) is 3.88. The molecule has 3 atom stereocenters. The summed E-state index contributed by atoms with van der Waals surface area (Å²) in [7, 11) is 0. The first-order chi connectivity index (χ1) is 12.5. The van der Waals surface area contributed by atoms with Crippen molar-refractivity contribution in [2.75, 3.05) is 19.6 Å². The molecule has 0 bridgehead atoms. The first kappa shape index (κ1) is 18.0. The van der Waals surface area contributed by atoms with Crippen molar-refractivity contribution in [3.05, 3.63) is 70.0 Å². The van der Waals surface area contributed by atoms with Gasteiger partial charge in [0.2, 0.25) is 0 Å². The number of hydrogen-bond acceptors (Lipinski definition) is 2. The minimum atomic E-state index is -0.179. The second-order valence-electron chi connectivity index (χ2n) is 7.88. The number of halogens is 2. The standard InChI is InChI=1S/C22H26ClFN2/c1-14(2)22-13-25-9-10-26(22)21-12-19(15-3-6-17(24)7-4-15)18-8-5-16(23)11-20(18)21/h3-8,11,14,19,21-22,25H,9-10,12-13H2,1-2H3. The maximum atomic E-state index is 13.4. The molecule has 0 spiro atoms. The van der Waals surface area contributed by atoms with Crippen molar-refractivity contribution < 1.29 is 4.39 Å². The van der Waals surface area contributed by atoms with E-state index in [0.717, 1.165) is 31.1 Å². The smallest absolute Gasteiger partial charge is 0.123 e. The van der Waals surface area contributed by atoms with E-state index in [4.69, 9.17) is 11.6 Å². The van der Waals surface area contributed by atoms with Gasteiger partial charge >= 0.3 is 0 Å². The molecule has 4 heteroatoms. The van der Waals surface area contributed by atoms with Gasteiger partial charge in [-0.15, -0.1) is 0 Å². The summed E-state index contributed by atoms with van der Waals surface area (Å²) < 4.78 is 13.4. The SMILES string of the molecule is CC(C)C1CNCCN1C1CC(c2ccc(F)cc2)c2ccc(Cl)cc21. The zero-order valence-corrected chi connectivity index (χ0v) is 16.1. The van der Waals surface area contributed by atoms with Gasteiger partial charge in [-0.3, -0.25) is 4.90 Å². The largest absolute Gasteiger partial charge is 0.314 e. The van der Waals surface area contributed by atoms with Gasteiger partial charge in [-0.1, -0.05) is 43.6 Å². The van der Waals surface area contributed by atoms with Crippen LogP contribution in [0.2, 0.25) is 5.02 Å². The minimum Gasteiger partial charge on any atom is -0.314 e. The molecule has 1 fully saturated rings. The number of piperazine rings is 1. The Hall–Kier alpha value is -1.42. The average molecular weight is 373 g/mol. The van der Waals surface area contributed by atoms with Gasteiger partial charge in [0.05, 0.1) is 0 Å². The van der Waals surface area contributed by atoms with Crippen molar-refractivity contribution in [3.8, 4) is 0 Å². The van der Waals surface area contributed by atoms with Gasteiger partial charge in [0.1, 0.15) is 5.82 Å². The normalized spacial score (nSPS) is 26.3. The van der Waals surface area contributed by atoms with Crippen LogP contribution >= 0.6 is 11.6 Å². The molecule has 0 aromatic heterocycles. The second kappa shape index (κ2) is 7.30. The summed E-state index contributed by atoms with van der Waals surface area (Å²) in [5, 5.41) is 4.34. The number of rotatable bonds is 3. The Balaban J connectivity index is 1.73. The molecule has 1 aliphatic carbocycles. The molecule has 2 nitrogen and oxygen atoms in total. The lowest BCUT2D eigenvalue weighted by Gasteiger charge is -2.42. The predicted octanol–water partition coefficient (Wildman–Crippen LogP) is 4.99. The van der Waals surface area contributed by atoms with E-state index >= 15 is 0 Å². The summed E-state index contributed by atoms with van der Waals surface area (Å²) in [6, 6.07) is 14.2. The molecule has 1 saturated heterocycles. The van der Waals surface area contributed by atoms with Crippen LogP contribution in [-0.4, -0.2) is 30.6 Å². The van der Waals surface area contributed by atoms with E-state index in [1.807, 2.05) is 18.2 Å². The van der Waals surface area contributed by atoms with Gasteiger partial charge in [-0.05, 0) is 53.3 Å². The highest BCUT2D eigenvalue weighted by atomic mass is 35.5. The maximum absolute atomic E-state index is 13.4. The molecule has 0 saturated carbocycles. The van der Waals surface area contributed by atoms with E-state index in [9.17, 15) is 4.39 Å². The lowest BCUT2D eigenvalue weighted by Crippen LogP contribution is -2.54. The van der Waals surface area contributed by atoms with Crippen molar-refractivity contribution >= 4 is 11.6 Å². The van der Waals surface area contributed by atoms with Crippen LogP contribution in [0, 0.1) is 11.7 Å². The molecule has 4 rings (SSSR count). The van der Waals surface area contributed by atoms with Gasteiger partial charge in [0.15, 0.2) is 0 Å². The fourth-order valence-corrected chi connectivity index (χ4v) is 4.88. The Labute approximate surface area is 160 Å². The molecular weight excluding hydrogens is 347 g/mol. The van der Waals surface area contributed by atoms with Crippen LogP contribution in [0.3, 0.4) is 0 Å². The van der Waals surface area contributed by atoms with Crippen molar-refractivity contribution in [3.63, 3.8) is 0 Å². The molecular formula is C22H26ClFN2. The third-order valence-corrected chi connectivity index (χ3v) is 6.25. The van der Waals surface area contributed by atoms with E-state index in [1.54, 1.807) is 12.1 Å². The van der Waals surface area contributed by atoms with Crippen LogP contribution in [0.1, 0.15) is 48.9 Å². The van der Waals surface area contributed by atoms with E-state index in [0.29, 0.717) is 23.9 Å². The summed E-state index contributed by atoms with van der Waals surface area (Å²) in [5.74, 6) is 0.715. The molecule has 2 aromatic carbocycles. The summed E-state index contributed by atoms with van der Waals surface area (Å²) >= 11 is 6.36. The predicted molar refractivity (Wildman–Crippen MR) is 105 cm³/mol. The minimum absolute atomic E-state index is 0.179. The number of nitrogens with zero attached hydrogens (tertiary/aromatic N) is 1. The van der Waals surface area contributed by atoms with E-state index < -0.39 is 0 Å². The topological polar surface area (TPSA) is 15.3 Å². The lowest BCUT2D eigenvalue weighted by atomic mass is 9.92. The first-order valence-corrected chi connectivity index (χ1v) is 9.93. The zero-order chi connectivity index (χ0) is 18.3. The molecule has 2 aliphatic rings. The average Bonchev–Trinajstić information content (AvgIpc) is 3.01. The zero-order valence-electron chi connectivity index (χ0n) is 15.4. The fraction of sp³-hybridized carbons (Fsp3) is 0.455. The van der Waals surface area contributed by atoms with Gasteiger partial charge in [0.25, 0.3) is 0 Å². The van der Waals surface area contributed by atoms with Crippen LogP contribution in [0.25, 0.3) is 0 Å². The highest BCUT2D eigenvalue weighted by Crippen LogP contribution is 2.48. The molecule has 2 aromatic rings. The van der Waals surface area contributed by atoms with Crippen molar-refractivity contribution in [1.29, 1.82) is 0 Å². The molecule has 0 amide bonds. The summed E-state index contributed by atoms with van der Waals surface area (Å²) in [6.45, 7) is 7.71. The second-order valence-corrected chi connectivity index (χ2v) is 8.32. The molecule has 1 aliphatic heterocycles. The van der Waals surface area contributed by atoms with Crippen molar-refractivity contribution in [2.24, 2.45) is 5.92 Å². The maximum Gasteiger partial charge on any atom is 0.123 e. The molecule has 138 valence electrons. The Morgan fingerprint density at radius 1 is 1.12 bits per heavy atom. The third kappa shape index (κ3) is 3.28. The van der Waals surface area contributed by atoms with Crippen molar-refractivity contribution in [2.45, 2.75) is 38.3 Å². The molecule has 26 heavy (non-hydrogen) atoms. The van der Waals surface area contributed by atoms with Crippen LogP contribution in [-0.2, 0) is 0 Å². The molecule has 1 heterocycles. The summed E-state index contributed by atoms with van der Waals surface area (Å²) in [6.07, 6.45) is 1.03. The van der Waals surface area contributed by atoms with Gasteiger partial charge in [-0.2, -0.15) is 0 Å². The van der Waals surface area contributed by atoms with Crippen LogP contribution in [0.5, 0.6) is 0 Å². The lowest BCUT2D eigenvalue weighted by molar-refractivity contribution is 0.0754. The number of benzene rings is 2. The van der Waals surface area contributed by atoms with Crippen LogP contribution in [0.15, 0.2) is 42.5 Å². The third-order valence-electron chi connectivity index (χ3n) is 6.01. The van der Waals surface area contributed by atoms with Gasteiger partial charge in [0, 0.05) is 42.7 Å². The van der Waals surface area contributed by atoms with Crippen LogP contribution in [0.4, 0.5) is 4.39 Å². The summed E-state index contributed by atoms with van der Waals surface area (Å²) in [4.78, 5) is 2.67. The highest BCUT2D eigenvalue weighted by Gasteiger charge is 2.39. The fourth-order valence-electron chi connectivity index (χ4n) is 4.70. The Bertz CT molecular complexity index is 774. The Kier molecular flexibility index (Phi) is 5.05. The van der Waals surface area contributed by atoms with E-state index in [2.05, 4.69) is 36.2 Å². The number of nitrogens with one attached hydrogen (secondary N) is 1. The molecule has 1 N–H and O–H groups in total. The highest BCUT2D eigenvalue weighted by molar-refractivity contribution is 6.30. The van der Waals surface area contributed by atoms with Gasteiger partial charge in [-0.25, -0.2) is 4.39 Å². The quantitative estimate of drug-likeness (QED) is 0.816. The molecule has 3 unspecified atom stereocenters. The number of fused-ring (bicyclic) bond motifs is 1. The first-order valence-electron chi connectivity index (χ1n) is 9.56. The number of hydrogen-bond donors (Lipinski definition) is 1. The van der Waals surface area contributed by atoms with Crippen molar-refractivity contribution in [1.82, 2.24) is 10.2 Å². The van der Waals surface area contributed by atoms with E-state index in [-0.39, 0.29) is 5.82 Å². The van der Waals surface area contributed by atoms with Crippen LogP contribution < -0.4 is 5.32 Å². The monoisotopic (exact) mass is 372 g/mol. The van der Waals surface area contributed by atoms with E-state index in [1.165, 1.54) is 16.7 Å². The Morgan fingerprint density at radius 2 is 1.88 bits per heavy atom.